The molecule has 0 rings (SSSR count). The molecule has 0 heterocycles. The van der Waals surface area contributed by atoms with Crippen LogP contribution in [0.3, 0.4) is 0 Å². The second-order valence-corrected chi connectivity index (χ2v) is 18.2. The van der Waals surface area contributed by atoms with Crippen LogP contribution in [-0.4, -0.2) is 37.2 Å². The van der Waals surface area contributed by atoms with Crippen LogP contribution in [-0.2, 0) is 28.6 Å². The summed E-state index contributed by atoms with van der Waals surface area (Å²) in [7, 11) is 0. The summed E-state index contributed by atoms with van der Waals surface area (Å²) in [6.07, 6.45) is 52.5. The molecule has 0 fully saturated rings. The van der Waals surface area contributed by atoms with Crippen LogP contribution in [0.2, 0.25) is 0 Å². The Morgan fingerprint density at radius 2 is 0.458 bits per heavy atom. The minimum absolute atomic E-state index is 0.0622. The van der Waals surface area contributed by atoms with Gasteiger partial charge in [-0.2, -0.15) is 0 Å². The first-order valence-corrected chi connectivity index (χ1v) is 26.5. The Bertz CT molecular complexity index is 874. The molecule has 0 saturated heterocycles. The number of esters is 3. The molecule has 0 aliphatic heterocycles. The molecule has 0 aliphatic rings. The van der Waals surface area contributed by atoms with Gasteiger partial charge in [0.15, 0.2) is 6.10 Å². The van der Waals surface area contributed by atoms with Crippen LogP contribution in [0.4, 0.5) is 0 Å². The van der Waals surface area contributed by atoms with Crippen molar-refractivity contribution in [1.29, 1.82) is 0 Å². The van der Waals surface area contributed by atoms with Crippen LogP contribution >= 0.6 is 0 Å². The highest BCUT2D eigenvalue weighted by Crippen LogP contribution is 2.17. The third-order valence-electron chi connectivity index (χ3n) is 12.1. The lowest BCUT2D eigenvalue weighted by Gasteiger charge is -2.18. The maximum absolute atomic E-state index is 12.8. The molecule has 59 heavy (non-hydrogen) atoms. The molecule has 0 amide bonds. The third kappa shape index (κ3) is 47.3. The summed E-state index contributed by atoms with van der Waals surface area (Å²) >= 11 is 0. The molecule has 0 radical (unpaired) electrons. The van der Waals surface area contributed by atoms with Crippen LogP contribution in [0.5, 0.6) is 0 Å². The number of hydrogen-bond acceptors (Lipinski definition) is 6. The second-order valence-electron chi connectivity index (χ2n) is 18.2. The summed E-state index contributed by atoms with van der Waals surface area (Å²) in [5.41, 5.74) is 0. The molecule has 0 unspecified atom stereocenters. The van der Waals surface area contributed by atoms with Gasteiger partial charge in [0.2, 0.25) is 0 Å². The minimum Gasteiger partial charge on any atom is -0.462 e. The van der Waals surface area contributed by atoms with E-state index in [1.807, 2.05) is 0 Å². The molecule has 0 aromatic carbocycles. The van der Waals surface area contributed by atoms with Crippen molar-refractivity contribution in [3.8, 4) is 0 Å². The van der Waals surface area contributed by atoms with Gasteiger partial charge in [0.05, 0.1) is 0 Å². The maximum atomic E-state index is 12.8. The van der Waals surface area contributed by atoms with Gasteiger partial charge >= 0.3 is 17.9 Å². The summed E-state index contributed by atoms with van der Waals surface area (Å²) in [6.45, 7) is 6.65. The zero-order valence-corrected chi connectivity index (χ0v) is 40.1. The standard InChI is InChI=1S/C53H102O6/c1-4-7-10-13-16-18-20-22-24-26-27-29-30-32-34-37-40-43-46-52(55)58-49-50(48-57-51(54)45-42-39-36-15-12-9-6-3)59-53(56)47-44-41-38-35-33-31-28-25-23-21-19-17-14-11-8-5-2/h50H,4-49H2,1-3H3/t50-/m1/s1. The number of hydrogen-bond donors (Lipinski definition) is 0. The summed E-state index contributed by atoms with van der Waals surface area (Å²) in [5, 5.41) is 0. The van der Waals surface area contributed by atoms with Gasteiger partial charge in [-0.05, 0) is 19.3 Å². The fourth-order valence-corrected chi connectivity index (χ4v) is 8.09. The molecule has 350 valence electrons. The Kier molecular flexibility index (Phi) is 47.7. The zero-order valence-electron chi connectivity index (χ0n) is 40.1. The van der Waals surface area contributed by atoms with Crippen LogP contribution < -0.4 is 0 Å². The van der Waals surface area contributed by atoms with Crippen molar-refractivity contribution in [3.05, 3.63) is 0 Å². The van der Waals surface area contributed by atoms with E-state index in [4.69, 9.17) is 14.2 Å². The maximum Gasteiger partial charge on any atom is 0.306 e. The summed E-state index contributed by atoms with van der Waals surface area (Å²) in [5.74, 6) is -0.847. The summed E-state index contributed by atoms with van der Waals surface area (Å²) < 4.78 is 16.8. The molecule has 0 aromatic rings. The largest absolute Gasteiger partial charge is 0.462 e. The first kappa shape index (κ1) is 57.4. The van der Waals surface area contributed by atoms with Crippen LogP contribution in [0.15, 0.2) is 0 Å². The molecule has 0 bridgehead atoms. The Balaban J connectivity index is 4.17. The highest BCUT2D eigenvalue weighted by Gasteiger charge is 2.19. The van der Waals surface area contributed by atoms with Gasteiger partial charge in [0.1, 0.15) is 13.2 Å². The molecule has 6 heteroatoms. The number of rotatable bonds is 49. The predicted octanol–water partition coefficient (Wildman–Crippen LogP) is 17.2. The minimum atomic E-state index is -0.758. The average molecular weight is 835 g/mol. The van der Waals surface area contributed by atoms with Crippen molar-refractivity contribution in [2.24, 2.45) is 0 Å². The van der Waals surface area contributed by atoms with E-state index >= 15 is 0 Å². The first-order valence-electron chi connectivity index (χ1n) is 26.5. The molecule has 0 aliphatic carbocycles. The van der Waals surface area contributed by atoms with Crippen molar-refractivity contribution >= 4 is 17.9 Å². The predicted molar refractivity (Wildman–Crippen MR) is 252 cm³/mol. The van der Waals surface area contributed by atoms with E-state index in [2.05, 4.69) is 20.8 Å². The van der Waals surface area contributed by atoms with E-state index in [0.29, 0.717) is 19.3 Å². The van der Waals surface area contributed by atoms with Crippen molar-refractivity contribution in [1.82, 2.24) is 0 Å². The Morgan fingerprint density at radius 1 is 0.271 bits per heavy atom. The van der Waals surface area contributed by atoms with Crippen LogP contribution in [0, 0.1) is 0 Å². The zero-order chi connectivity index (χ0) is 43.0. The van der Waals surface area contributed by atoms with Crippen molar-refractivity contribution in [3.63, 3.8) is 0 Å². The molecule has 0 aromatic heterocycles. The van der Waals surface area contributed by atoms with Gasteiger partial charge in [-0.25, -0.2) is 0 Å². The monoisotopic (exact) mass is 835 g/mol. The van der Waals surface area contributed by atoms with E-state index in [9.17, 15) is 14.4 Å². The van der Waals surface area contributed by atoms with Crippen molar-refractivity contribution < 1.29 is 28.6 Å². The van der Waals surface area contributed by atoms with Crippen molar-refractivity contribution in [2.45, 2.75) is 309 Å². The van der Waals surface area contributed by atoms with Crippen LogP contribution in [0.1, 0.15) is 303 Å². The Labute approximate surface area is 368 Å². The number of unbranched alkanes of at least 4 members (excludes halogenated alkanes) is 38. The molecule has 0 saturated carbocycles. The highest BCUT2D eigenvalue weighted by molar-refractivity contribution is 5.71. The summed E-state index contributed by atoms with van der Waals surface area (Å²) in [6, 6.07) is 0. The molecule has 0 spiro atoms. The smallest absolute Gasteiger partial charge is 0.306 e. The van der Waals surface area contributed by atoms with Gasteiger partial charge in [-0.3, -0.25) is 14.4 Å². The van der Waals surface area contributed by atoms with Gasteiger partial charge < -0.3 is 14.2 Å². The van der Waals surface area contributed by atoms with E-state index in [1.54, 1.807) is 0 Å². The fourth-order valence-electron chi connectivity index (χ4n) is 8.09. The van der Waals surface area contributed by atoms with E-state index in [-0.39, 0.29) is 31.1 Å². The van der Waals surface area contributed by atoms with E-state index < -0.39 is 6.10 Å². The second kappa shape index (κ2) is 49.1. The van der Waals surface area contributed by atoms with Gasteiger partial charge in [0.25, 0.3) is 0 Å². The fraction of sp³-hybridized carbons (Fsp3) is 0.943. The number of carbonyl (C=O) groups is 3. The van der Waals surface area contributed by atoms with Crippen LogP contribution in [0.25, 0.3) is 0 Å². The quantitative estimate of drug-likeness (QED) is 0.0345. The topological polar surface area (TPSA) is 78.9 Å². The van der Waals surface area contributed by atoms with E-state index in [0.717, 1.165) is 57.8 Å². The normalized spacial score (nSPS) is 11.8. The average Bonchev–Trinajstić information content (AvgIpc) is 3.23. The Morgan fingerprint density at radius 3 is 0.678 bits per heavy atom. The van der Waals surface area contributed by atoms with Gasteiger partial charge in [-0.15, -0.1) is 0 Å². The molecular formula is C53H102O6. The molecule has 0 N–H and O–H groups in total. The molecule has 1 atom stereocenters. The molecular weight excluding hydrogens is 733 g/mol. The first-order chi connectivity index (χ1) is 29.0. The lowest BCUT2D eigenvalue weighted by Crippen LogP contribution is -2.30. The highest BCUT2D eigenvalue weighted by atomic mass is 16.6. The number of ether oxygens (including phenoxy) is 3. The SMILES string of the molecule is CCCCCCCCCCCCCCCCCCCCC(=O)OC[C@@H](COC(=O)CCCCCCCCC)OC(=O)CCCCCCCCCCCCCCCCCC. The lowest BCUT2D eigenvalue weighted by atomic mass is 10.0. The van der Waals surface area contributed by atoms with E-state index in [1.165, 1.54) is 205 Å². The van der Waals surface area contributed by atoms with Crippen molar-refractivity contribution in [2.75, 3.05) is 13.2 Å². The molecule has 6 nitrogen and oxygen atoms in total. The lowest BCUT2D eigenvalue weighted by molar-refractivity contribution is -0.167. The van der Waals surface area contributed by atoms with Gasteiger partial charge in [-0.1, -0.05) is 265 Å². The third-order valence-corrected chi connectivity index (χ3v) is 12.1. The Hall–Kier alpha value is -1.59. The summed E-state index contributed by atoms with van der Waals surface area (Å²) in [4.78, 5) is 37.8. The number of carbonyl (C=O) groups excluding carboxylic acids is 3. The van der Waals surface area contributed by atoms with Gasteiger partial charge in [0, 0.05) is 19.3 Å².